The van der Waals surface area contributed by atoms with E-state index in [9.17, 15) is 0 Å². The average Bonchev–Trinajstić information content (AvgIpc) is 2.52. The Kier molecular flexibility index (Phi) is 2.62. The Hall–Kier alpha value is -0.410. The molecule has 2 rings (SSSR count). The number of nitrogens with zero attached hydrogens (tertiary/aromatic N) is 1. The van der Waals surface area contributed by atoms with Crippen LogP contribution in [0.5, 0.6) is 0 Å². The minimum Gasteiger partial charge on any atom is -0.329 e. The zero-order valence-corrected chi connectivity index (χ0v) is 9.73. The second-order valence-corrected chi connectivity index (χ2v) is 5.43. The molecule has 0 unspecified atom stereocenters. The van der Waals surface area contributed by atoms with Crippen LogP contribution in [-0.4, -0.2) is 11.5 Å². The first kappa shape index (κ1) is 10.1. The number of aromatic nitrogens is 1. The molecule has 2 nitrogen and oxygen atoms in total. The maximum absolute atomic E-state index is 5.85. The molecule has 1 aromatic heterocycles. The lowest BCUT2D eigenvalue weighted by Gasteiger charge is -2.39. The van der Waals surface area contributed by atoms with E-state index in [1.807, 2.05) is 0 Å². The Morgan fingerprint density at radius 2 is 2.29 bits per heavy atom. The van der Waals surface area contributed by atoms with Crippen molar-refractivity contribution in [2.75, 3.05) is 6.54 Å². The smallest absolute Gasteiger partial charge is 0.100 e. The molecule has 0 aliphatic heterocycles. The Morgan fingerprint density at radius 3 is 2.64 bits per heavy atom. The summed E-state index contributed by atoms with van der Waals surface area (Å²) in [5.41, 5.74) is 7.33. The molecule has 0 aromatic carbocycles. The second-order valence-electron chi connectivity index (χ2n) is 4.57. The Balaban J connectivity index is 2.23. The molecule has 1 aromatic rings. The van der Waals surface area contributed by atoms with Crippen LogP contribution in [0.3, 0.4) is 0 Å². The molecule has 0 saturated heterocycles. The van der Waals surface area contributed by atoms with Gasteiger partial charge in [-0.1, -0.05) is 20.3 Å². The summed E-state index contributed by atoms with van der Waals surface area (Å²) in [7, 11) is 0. The van der Waals surface area contributed by atoms with Crippen molar-refractivity contribution in [3.05, 3.63) is 16.1 Å². The fourth-order valence-electron chi connectivity index (χ4n) is 1.90. The molecule has 0 atom stereocenters. The summed E-state index contributed by atoms with van der Waals surface area (Å²) >= 11 is 1.79. The fourth-order valence-corrected chi connectivity index (χ4v) is 3.16. The molecule has 0 bridgehead atoms. The third kappa shape index (κ3) is 1.48. The Bertz CT molecular complexity index is 307. The molecule has 1 heterocycles. The van der Waals surface area contributed by atoms with Gasteiger partial charge in [-0.25, -0.2) is 4.98 Å². The lowest BCUT2D eigenvalue weighted by molar-refractivity contribution is 0.252. The van der Waals surface area contributed by atoms with E-state index in [4.69, 9.17) is 10.7 Å². The summed E-state index contributed by atoms with van der Waals surface area (Å²) in [4.78, 5) is 4.71. The zero-order valence-electron chi connectivity index (χ0n) is 8.92. The standard InChI is InChI=1S/C11H18N2S/c1-8(2)9-6-14-10(13-9)11(7-12)4-3-5-11/h6,8H,3-5,7,12H2,1-2H3. The van der Waals surface area contributed by atoms with Crippen LogP contribution in [0.2, 0.25) is 0 Å². The van der Waals surface area contributed by atoms with E-state index in [1.54, 1.807) is 11.3 Å². The van der Waals surface area contributed by atoms with Gasteiger partial charge < -0.3 is 5.73 Å². The molecular formula is C11H18N2S. The Labute approximate surface area is 89.5 Å². The van der Waals surface area contributed by atoms with Gasteiger partial charge in [-0.15, -0.1) is 11.3 Å². The first-order valence-electron chi connectivity index (χ1n) is 5.34. The van der Waals surface area contributed by atoms with Crippen LogP contribution < -0.4 is 5.73 Å². The van der Waals surface area contributed by atoms with Crippen LogP contribution >= 0.6 is 11.3 Å². The van der Waals surface area contributed by atoms with Crippen molar-refractivity contribution in [1.29, 1.82) is 0 Å². The van der Waals surface area contributed by atoms with E-state index >= 15 is 0 Å². The summed E-state index contributed by atoms with van der Waals surface area (Å²) in [6.07, 6.45) is 3.77. The van der Waals surface area contributed by atoms with Gasteiger partial charge >= 0.3 is 0 Å². The summed E-state index contributed by atoms with van der Waals surface area (Å²) < 4.78 is 0. The lowest BCUT2D eigenvalue weighted by Crippen LogP contribution is -2.41. The average molecular weight is 210 g/mol. The van der Waals surface area contributed by atoms with Gasteiger partial charge in [0.25, 0.3) is 0 Å². The first-order valence-corrected chi connectivity index (χ1v) is 6.22. The SMILES string of the molecule is CC(C)c1csc(C2(CN)CCC2)n1. The molecule has 3 heteroatoms. The van der Waals surface area contributed by atoms with Crippen molar-refractivity contribution in [1.82, 2.24) is 4.98 Å². The minimum atomic E-state index is 0.248. The molecule has 0 spiro atoms. The van der Waals surface area contributed by atoms with Crippen molar-refractivity contribution >= 4 is 11.3 Å². The number of rotatable bonds is 3. The number of thiazole rings is 1. The molecule has 1 aliphatic rings. The molecule has 14 heavy (non-hydrogen) atoms. The van der Waals surface area contributed by atoms with E-state index in [1.165, 1.54) is 30.0 Å². The monoisotopic (exact) mass is 210 g/mol. The quantitative estimate of drug-likeness (QED) is 0.833. The second kappa shape index (κ2) is 3.63. The van der Waals surface area contributed by atoms with Crippen LogP contribution in [-0.2, 0) is 5.41 Å². The van der Waals surface area contributed by atoms with Gasteiger partial charge in [0, 0.05) is 17.3 Å². The summed E-state index contributed by atoms with van der Waals surface area (Å²) in [6, 6.07) is 0. The topological polar surface area (TPSA) is 38.9 Å². The number of nitrogens with two attached hydrogens (primary N) is 1. The molecule has 1 aliphatic carbocycles. The van der Waals surface area contributed by atoms with Crippen LogP contribution in [0.25, 0.3) is 0 Å². The van der Waals surface area contributed by atoms with Gasteiger partial charge in [0.1, 0.15) is 5.01 Å². The molecular weight excluding hydrogens is 192 g/mol. The molecule has 1 saturated carbocycles. The lowest BCUT2D eigenvalue weighted by atomic mass is 9.69. The van der Waals surface area contributed by atoms with Gasteiger partial charge in [0.2, 0.25) is 0 Å². The highest BCUT2D eigenvalue weighted by Crippen LogP contribution is 2.44. The normalized spacial score (nSPS) is 19.7. The highest BCUT2D eigenvalue weighted by molar-refractivity contribution is 7.09. The van der Waals surface area contributed by atoms with E-state index in [0.29, 0.717) is 5.92 Å². The van der Waals surface area contributed by atoms with Crippen molar-refractivity contribution in [3.8, 4) is 0 Å². The largest absolute Gasteiger partial charge is 0.329 e. The predicted octanol–water partition coefficient (Wildman–Crippen LogP) is 2.65. The summed E-state index contributed by atoms with van der Waals surface area (Å²) in [5.74, 6) is 0.537. The van der Waals surface area contributed by atoms with Crippen LogP contribution in [0.4, 0.5) is 0 Å². The van der Waals surface area contributed by atoms with Gasteiger partial charge in [-0.05, 0) is 18.8 Å². The maximum Gasteiger partial charge on any atom is 0.100 e. The Morgan fingerprint density at radius 1 is 1.57 bits per heavy atom. The molecule has 1 fully saturated rings. The van der Waals surface area contributed by atoms with E-state index in [-0.39, 0.29) is 5.41 Å². The van der Waals surface area contributed by atoms with Gasteiger partial charge in [0.15, 0.2) is 0 Å². The highest BCUT2D eigenvalue weighted by atomic mass is 32.1. The third-order valence-corrected chi connectivity index (χ3v) is 4.38. The van der Waals surface area contributed by atoms with E-state index < -0.39 is 0 Å². The molecule has 78 valence electrons. The molecule has 2 N–H and O–H groups in total. The predicted molar refractivity (Wildman–Crippen MR) is 60.8 cm³/mol. The van der Waals surface area contributed by atoms with Crippen LogP contribution in [0.1, 0.15) is 49.7 Å². The number of hydrogen-bond donors (Lipinski definition) is 1. The van der Waals surface area contributed by atoms with Crippen molar-refractivity contribution < 1.29 is 0 Å². The summed E-state index contributed by atoms with van der Waals surface area (Å²) in [5, 5.41) is 3.46. The maximum atomic E-state index is 5.85. The van der Waals surface area contributed by atoms with Crippen molar-refractivity contribution in [3.63, 3.8) is 0 Å². The van der Waals surface area contributed by atoms with Gasteiger partial charge in [-0.3, -0.25) is 0 Å². The van der Waals surface area contributed by atoms with Crippen LogP contribution in [0.15, 0.2) is 5.38 Å². The van der Waals surface area contributed by atoms with Crippen molar-refractivity contribution in [2.24, 2.45) is 5.73 Å². The fraction of sp³-hybridized carbons (Fsp3) is 0.727. The summed E-state index contributed by atoms with van der Waals surface area (Å²) in [6.45, 7) is 5.14. The highest BCUT2D eigenvalue weighted by Gasteiger charge is 2.39. The molecule has 0 amide bonds. The van der Waals surface area contributed by atoms with Gasteiger partial charge in [-0.2, -0.15) is 0 Å². The molecule has 0 radical (unpaired) electrons. The van der Waals surface area contributed by atoms with Crippen molar-refractivity contribution in [2.45, 2.75) is 44.4 Å². The minimum absolute atomic E-state index is 0.248. The number of hydrogen-bond acceptors (Lipinski definition) is 3. The van der Waals surface area contributed by atoms with E-state index in [2.05, 4.69) is 19.2 Å². The zero-order chi connectivity index (χ0) is 10.2. The third-order valence-electron chi connectivity index (χ3n) is 3.27. The van der Waals surface area contributed by atoms with Gasteiger partial charge in [0.05, 0.1) is 5.69 Å². The first-order chi connectivity index (χ1) is 6.68. The van der Waals surface area contributed by atoms with E-state index in [0.717, 1.165) is 6.54 Å². The van der Waals surface area contributed by atoms with Crippen LogP contribution in [0, 0.1) is 0 Å².